The molecule has 1 rings (SSSR count). The smallest absolute Gasteiger partial charge is 0.320 e. The van der Waals surface area contributed by atoms with Crippen LogP contribution in [0.3, 0.4) is 0 Å². The van der Waals surface area contributed by atoms with Crippen molar-refractivity contribution < 1.29 is 9.90 Å². The number of nitrogens with two attached hydrogens (primary N) is 2. The van der Waals surface area contributed by atoms with E-state index in [2.05, 4.69) is 15.4 Å². The highest BCUT2D eigenvalue weighted by atomic mass is 16.4. The van der Waals surface area contributed by atoms with Crippen LogP contribution in [0.25, 0.3) is 0 Å². The largest absolute Gasteiger partial charge is 0.480 e. The molecule has 0 aromatic carbocycles. The molecular formula is C6H11N5O2. The third kappa shape index (κ3) is 2.42. The number of carbonyl (C=O) groups is 1. The van der Waals surface area contributed by atoms with Gasteiger partial charge in [0.25, 0.3) is 0 Å². The molecule has 1 unspecified atom stereocenters. The second-order valence-electron chi connectivity index (χ2n) is 2.55. The van der Waals surface area contributed by atoms with E-state index in [1.807, 2.05) is 0 Å². The number of carboxylic acids is 1. The lowest BCUT2D eigenvalue weighted by molar-refractivity contribution is -0.138. The van der Waals surface area contributed by atoms with Crippen molar-refractivity contribution in [2.45, 2.75) is 12.5 Å². The molecule has 7 nitrogen and oxygen atoms in total. The third-order valence-electron chi connectivity index (χ3n) is 1.52. The molecule has 0 aliphatic rings. The van der Waals surface area contributed by atoms with Gasteiger partial charge in [0.05, 0.1) is 6.20 Å². The topological polar surface area (TPSA) is 130 Å². The summed E-state index contributed by atoms with van der Waals surface area (Å²) in [5, 5.41) is 8.51. The molecule has 0 bridgehead atoms. The molecule has 13 heavy (non-hydrogen) atoms. The maximum absolute atomic E-state index is 10.4. The highest BCUT2D eigenvalue weighted by Gasteiger charge is 2.13. The van der Waals surface area contributed by atoms with Gasteiger partial charge in [-0.15, -0.1) is 0 Å². The minimum absolute atomic E-state index is 0.198. The second-order valence-corrected chi connectivity index (χ2v) is 2.55. The molecule has 7 heteroatoms. The molecular weight excluding hydrogens is 174 g/mol. The molecule has 0 aliphatic carbocycles. The average molecular weight is 185 g/mol. The van der Waals surface area contributed by atoms with Crippen LogP contribution in [0.2, 0.25) is 0 Å². The lowest BCUT2D eigenvalue weighted by Crippen LogP contribution is -2.32. The van der Waals surface area contributed by atoms with Crippen molar-refractivity contribution >= 4 is 11.9 Å². The Morgan fingerprint density at radius 2 is 2.54 bits per heavy atom. The van der Waals surface area contributed by atoms with E-state index in [1.54, 1.807) is 0 Å². The number of nitrogens with one attached hydrogen (secondary N) is 2. The van der Waals surface area contributed by atoms with Gasteiger partial charge in [0.2, 0.25) is 5.95 Å². The van der Waals surface area contributed by atoms with E-state index in [1.165, 1.54) is 6.20 Å². The minimum atomic E-state index is -1.04. The lowest BCUT2D eigenvalue weighted by atomic mass is 10.2. The Morgan fingerprint density at radius 3 is 3.00 bits per heavy atom. The molecule has 7 N–H and O–H groups in total. The Bertz CT molecular complexity index is 297. The van der Waals surface area contributed by atoms with E-state index in [-0.39, 0.29) is 6.42 Å². The van der Waals surface area contributed by atoms with E-state index < -0.39 is 12.0 Å². The van der Waals surface area contributed by atoms with Gasteiger partial charge in [-0.1, -0.05) is 0 Å². The van der Waals surface area contributed by atoms with Crippen LogP contribution in [0.15, 0.2) is 6.20 Å². The van der Waals surface area contributed by atoms with Crippen LogP contribution in [-0.4, -0.2) is 27.1 Å². The van der Waals surface area contributed by atoms with Crippen molar-refractivity contribution in [2.75, 3.05) is 5.43 Å². The quantitative estimate of drug-likeness (QED) is 0.291. The van der Waals surface area contributed by atoms with Gasteiger partial charge in [-0.05, 0) is 0 Å². The van der Waals surface area contributed by atoms with Crippen LogP contribution in [0.4, 0.5) is 5.95 Å². The summed E-state index contributed by atoms with van der Waals surface area (Å²) in [4.78, 5) is 16.9. The summed E-state index contributed by atoms with van der Waals surface area (Å²) in [6.45, 7) is 0. The summed E-state index contributed by atoms with van der Waals surface area (Å²) in [7, 11) is 0. The van der Waals surface area contributed by atoms with Crippen LogP contribution in [0.1, 0.15) is 5.69 Å². The van der Waals surface area contributed by atoms with Gasteiger partial charge in [0.15, 0.2) is 0 Å². The predicted octanol–water partition coefficient (Wildman–Crippen LogP) is -1.35. The average Bonchev–Trinajstić information content (AvgIpc) is 2.52. The van der Waals surface area contributed by atoms with Crippen molar-refractivity contribution in [3.8, 4) is 0 Å². The second kappa shape index (κ2) is 3.87. The van der Waals surface area contributed by atoms with Crippen LogP contribution < -0.4 is 17.0 Å². The zero-order valence-corrected chi connectivity index (χ0v) is 6.82. The number of aromatic nitrogens is 2. The number of hydrogen-bond donors (Lipinski definition) is 5. The maximum atomic E-state index is 10.4. The molecule has 0 spiro atoms. The van der Waals surface area contributed by atoms with E-state index in [4.69, 9.17) is 16.7 Å². The highest BCUT2D eigenvalue weighted by molar-refractivity contribution is 5.73. The van der Waals surface area contributed by atoms with Crippen molar-refractivity contribution in [1.82, 2.24) is 9.97 Å². The van der Waals surface area contributed by atoms with Crippen molar-refractivity contribution in [1.29, 1.82) is 0 Å². The molecule has 72 valence electrons. The SMILES string of the molecule is NNc1ncc(CC(N)C(=O)O)[nH]1. The molecule has 1 heterocycles. The van der Waals surface area contributed by atoms with E-state index >= 15 is 0 Å². The Hall–Kier alpha value is -1.60. The molecule has 0 amide bonds. The number of carboxylic acid groups (broad SMARTS) is 1. The third-order valence-corrected chi connectivity index (χ3v) is 1.52. The summed E-state index contributed by atoms with van der Waals surface area (Å²) >= 11 is 0. The summed E-state index contributed by atoms with van der Waals surface area (Å²) in [5.41, 5.74) is 8.22. The summed E-state index contributed by atoms with van der Waals surface area (Å²) in [6, 6.07) is -0.925. The standard InChI is InChI=1S/C6H11N5O2/c7-4(5(12)13)1-3-2-9-6(10-3)11-8/h2,4H,1,7-8H2,(H,12,13)(H2,9,10,11). The van der Waals surface area contributed by atoms with Crippen LogP contribution in [0, 0.1) is 0 Å². The van der Waals surface area contributed by atoms with E-state index in [0.29, 0.717) is 11.6 Å². The Balaban J connectivity index is 2.58. The number of rotatable bonds is 4. The van der Waals surface area contributed by atoms with Gasteiger partial charge in [0.1, 0.15) is 6.04 Å². The van der Waals surface area contributed by atoms with Crippen LogP contribution >= 0.6 is 0 Å². The lowest BCUT2D eigenvalue weighted by Gasteiger charge is -2.02. The molecule has 1 atom stereocenters. The Morgan fingerprint density at radius 1 is 1.85 bits per heavy atom. The number of nitrogens with zero attached hydrogens (tertiary/aromatic N) is 1. The fourth-order valence-corrected chi connectivity index (χ4v) is 0.860. The first-order chi connectivity index (χ1) is 6.13. The Labute approximate surface area is 74.1 Å². The van der Waals surface area contributed by atoms with Gasteiger partial charge in [-0.3, -0.25) is 10.2 Å². The first kappa shape index (κ1) is 9.49. The number of imidazole rings is 1. The van der Waals surface area contributed by atoms with Crippen molar-refractivity contribution in [3.05, 3.63) is 11.9 Å². The van der Waals surface area contributed by atoms with Crippen LogP contribution in [0.5, 0.6) is 0 Å². The van der Waals surface area contributed by atoms with Gasteiger partial charge in [-0.25, -0.2) is 10.8 Å². The van der Waals surface area contributed by atoms with Gasteiger partial charge in [0, 0.05) is 12.1 Å². The summed E-state index contributed by atoms with van der Waals surface area (Å²) in [6.07, 6.45) is 1.68. The van der Waals surface area contributed by atoms with E-state index in [9.17, 15) is 4.79 Å². The zero-order valence-electron chi connectivity index (χ0n) is 6.82. The van der Waals surface area contributed by atoms with E-state index in [0.717, 1.165) is 0 Å². The van der Waals surface area contributed by atoms with Gasteiger partial charge in [-0.2, -0.15) is 0 Å². The number of H-pyrrole nitrogens is 1. The number of aliphatic carboxylic acids is 1. The summed E-state index contributed by atoms with van der Waals surface area (Å²) in [5.74, 6) is 4.40. The normalized spacial score (nSPS) is 12.5. The van der Waals surface area contributed by atoms with Gasteiger partial charge < -0.3 is 15.8 Å². The molecule has 0 aliphatic heterocycles. The first-order valence-corrected chi connectivity index (χ1v) is 3.62. The predicted molar refractivity (Wildman–Crippen MR) is 45.7 cm³/mol. The molecule has 0 saturated carbocycles. The van der Waals surface area contributed by atoms with Gasteiger partial charge >= 0.3 is 5.97 Å². The Kier molecular flexibility index (Phi) is 2.83. The minimum Gasteiger partial charge on any atom is -0.480 e. The monoisotopic (exact) mass is 185 g/mol. The number of aromatic amines is 1. The van der Waals surface area contributed by atoms with Crippen molar-refractivity contribution in [2.24, 2.45) is 11.6 Å². The highest BCUT2D eigenvalue weighted by Crippen LogP contribution is 2.02. The van der Waals surface area contributed by atoms with Crippen molar-refractivity contribution in [3.63, 3.8) is 0 Å². The number of nitrogen functional groups attached to an aromatic ring is 1. The molecule has 0 radical (unpaired) electrons. The fraction of sp³-hybridized carbons (Fsp3) is 0.333. The molecule has 1 aromatic rings. The number of hydrazine groups is 1. The molecule has 0 fully saturated rings. The summed E-state index contributed by atoms with van der Waals surface area (Å²) < 4.78 is 0. The maximum Gasteiger partial charge on any atom is 0.320 e. The number of hydrogen-bond acceptors (Lipinski definition) is 5. The zero-order chi connectivity index (χ0) is 9.84. The molecule has 1 aromatic heterocycles. The molecule has 0 saturated heterocycles. The fourth-order valence-electron chi connectivity index (χ4n) is 0.860. The van der Waals surface area contributed by atoms with Crippen LogP contribution in [-0.2, 0) is 11.2 Å². The number of anilines is 1. The first-order valence-electron chi connectivity index (χ1n) is 3.62.